The van der Waals surface area contributed by atoms with Crippen molar-refractivity contribution in [2.45, 2.75) is 38.5 Å². The second-order valence-corrected chi connectivity index (χ2v) is 4.69. The standard InChI is InChI=1S/C11H21F2N/c1-4-9-6-5-7-11(12,13)10(9)8-14(2)3/h9-10H,4-8H2,1-3H3. The molecule has 0 heterocycles. The second kappa shape index (κ2) is 4.56. The molecule has 1 saturated carbocycles. The van der Waals surface area contributed by atoms with E-state index in [2.05, 4.69) is 0 Å². The molecular formula is C11H21F2N. The van der Waals surface area contributed by atoms with Gasteiger partial charge in [-0.25, -0.2) is 8.78 Å². The highest BCUT2D eigenvalue weighted by Crippen LogP contribution is 2.43. The Kier molecular flexibility index (Phi) is 3.87. The van der Waals surface area contributed by atoms with E-state index in [1.807, 2.05) is 25.9 Å². The molecule has 0 aromatic carbocycles. The molecule has 0 saturated heterocycles. The molecule has 1 nitrogen and oxygen atoms in total. The summed E-state index contributed by atoms with van der Waals surface area (Å²) in [6, 6.07) is 0. The van der Waals surface area contributed by atoms with Gasteiger partial charge in [-0.3, -0.25) is 0 Å². The predicted molar refractivity (Wildman–Crippen MR) is 54.6 cm³/mol. The molecule has 14 heavy (non-hydrogen) atoms. The first kappa shape index (κ1) is 11.9. The number of hydrogen-bond donors (Lipinski definition) is 0. The Morgan fingerprint density at radius 1 is 1.36 bits per heavy atom. The maximum absolute atomic E-state index is 13.6. The van der Waals surface area contributed by atoms with Crippen LogP contribution in [0.5, 0.6) is 0 Å². The lowest BCUT2D eigenvalue weighted by molar-refractivity contribution is -0.116. The molecule has 84 valence electrons. The highest BCUT2D eigenvalue weighted by molar-refractivity contribution is 4.88. The van der Waals surface area contributed by atoms with E-state index in [0.717, 1.165) is 12.8 Å². The van der Waals surface area contributed by atoms with Crippen LogP contribution in [-0.4, -0.2) is 31.5 Å². The molecule has 0 aromatic rings. The number of rotatable bonds is 3. The fraction of sp³-hybridized carbons (Fsp3) is 1.00. The normalized spacial score (nSPS) is 32.1. The molecule has 0 radical (unpaired) electrons. The third-order valence-corrected chi connectivity index (χ3v) is 3.28. The summed E-state index contributed by atoms with van der Waals surface area (Å²) >= 11 is 0. The van der Waals surface area contributed by atoms with Gasteiger partial charge < -0.3 is 4.90 Å². The van der Waals surface area contributed by atoms with Crippen LogP contribution in [0.1, 0.15) is 32.6 Å². The Bertz CT molecular complexity index is 180. The summed E-state index contributed by atoms with van der Waals surface area (Å²) in [6.07, 6.45) is 2.64. The lowest BCUT2D eigenvalue weighted by Gasteiger charge is -2.39. The van der Waals surface area contributed by atoms with E-state index in [4.69, 9.17) is 0 Å². The Balaban J connectivity index is 2.68. The van der Waals surface area contributed by atoms with Gasteiger partial charge in [0.15, 0.2) is 0 Å². The largest absolute Gasteiger partial charge is 0.309 e. The molecule has 0 bridgehead atoms. The first-order chi connectivity index (χ1) is 6.47. The number of nitrogens with zero attached hydrogens (tertiary/aromatic N) is 1. The van der Waals surface area contributed by atoms with Crippen LogP contribution in [0.15, 0.2) is 0 Å². The lowest BCUT2D eigenvalue weighted by Crippen LogP contribution is -2.43. The van der Waals surface area contributed by atoms with Crippen LogP contribution in [0, 0.1) is 11.8 Å². The molecule has 1 rings (SSSR count). The zero-order chi connectivity index (χ0) is 10.8. The molecule has 2 atom stereocenters. The van der Waals surface area contributed by atoms with Crippen molar-refractivity contribution in [3.63, 3.8) is 0 Å². The maximum Gasteiger partial charge on any atom is 0.252 e. The topological polar surface area (TPSA) is 3.24 Å². The summed E-state index contributed by atoms with van der Waals surface area (Å²) in [6.45, 7) is 2.54. The van der Waals surface area contributed by atoms with Crippen molar-refractivity contribution in [2.75, 3.05) is 20.6 Å². The van der Waals surface area contributed by atoms with Gasteiger partial charge in [0.1, 0.15) is 0 Å². The third-order valence-electron chi connectivity index (χ3n) is 3.28. The highest BCUT2D eigenvalue weighted by atomic mass is 19.3. The quantitative estimate of drug-likeness (QED) is 0.684. The minimum atomic E-state index is -2.44. The van der Waals surface area contributed by atoms with Crippen molar-refractivity contribution >= 4 is 0 Å². The van der Waals surface area contributed by atoms with Gasteiger partial charge in [0.05, 0.1) is 0 Å². The molecule has 1 aliphatic carbocycles. The van der Waals surface area contributed by atoms with E-state index in [0.29, 0.717) is 13.0 Å². The Hall–Kier alpha value is -0.180. The molecule has 1 fully saturated rings. The van der Waals surface area contributed by atoms with Gasteiger partial charge in [0.2, 0.25) is 0 Å². The zero-order valence-corrected chi connectivity index (χ0v) is 9.39. The zero-order valence-electron chi connectivity index (χ0n) is 9.39. The summed E-state index contributed by atoms with van der Waals surface area (Å²) in [5.74, 6) is -2.67. The number of halogens is 2. The van der Waals surface area contributed by atoms with E-state index in [1.54, 1.807) is 0 Å². The van der Waals surface area contributed by atoms with Gasteiger partial charge in [-0.05, 0) is 32.9 Å². The van der Waals surface area contributed by atoms with Crippen LogP contribution < -0.4 is 0 Å². The Morgan fingerprint density at radius 3 is 2.50 bits per heavy atom. The molecule has 0 aliphatic heterocycles. The summed E-state index contributed by atoms with van der Waals surface area (Å²) in [7, 11) is 3.74. The molecular weight excluding hydrogens is 184 g/mol. The van der Waals surface area contributed by atoms with Crippen LogP contribution in [0.2, 0.25) is 0 Å². The molecule has 0 aromatic heterocycles. The smallest absolute Gasteiger partial charge is 0.252 e. The number of hydrogen-bond acceptors (Lipinski definition) is 1. The van der Waals surface area contributed by atoms with Crippen LogP contribution in [-0.2, 0) is 0 Å². The molecule has 0 N–H and O–H groups in total. The van der Waals surface area contributed by atoms with Gasteiger partial charge in [-0.2, -0.15) is 0 Å². The van der Waals surface area contributed by atoms with Gasteiger partial charge in [0, 0.05) is 18.9 Å². The summed E-state index contributed by atoms with van der Waals surface area (Å²) in [5, 5.41) is 0. The average molecular weight is 205 g/mol. The lowest BCUT2D eigenvalue weighted by atomic mass is 9.75. The van der Waals surface area contributed by atoms with Crippen molar-refractivity contribution < 1.29 is 8.78 Å². The predicted octanol–water partition coefficient (Wildman–Crippen LogP) is 3.01. The van der Waals surface area contributed by atoms with Gasteiger partial charge in [0.25, 0.3) is 5.92 Å². The van der Waals surface area contributed by atoms with E-state index >= 15 is 0 Å². The molecule has 2 unspecified atom stereocenters. The van der Waals surface area contributed by atoms with Crippen molar-refractivity contribution in [2.24, 2.45) is 11.8 Å². The fourth-order valence-electron chi connectivity index (χ4n) is 2.50. The van der Waals surface area contributed by atoms with Crippen molar-refractivity contribution in [1.82, 2.24) is 4.90 Å². The fourth-order valence-corrected chi connectivity index (χ4v) is 2.50. The molecule has 0 spiro atoms. The van der Waals surface area contributed by atoms with Crippen LogP contribution >= 0.6 is 0 Å². The van der Waals surface area contributed by atoms with Gasteiger partial charge >= 0.3 is 0 Å². The van der Waals surface area contributed by atoms with Crippen molar-refractivity contribution in [3.8, 4) is 0 Å². The van der Waals surface area contributed by atoms with Crippen LogP contribution in [0.4, 0.5) is 8.78 Å². The number of alkyl halides is 2. The summed E-state index contributed by atoms with van der Waals surface area (Å²) in [4.78, 5) is 1.88. The third kappa shape index (κ3) is 2.66. The second-order valence-electron chi connectivity index (χ2n) is 4.69. The molecule has 3 heteroatoms. The van der Waals surface area contributed by atoms with Crippen molar-refractivity contribution in [1.29, 1.82) is 0 Å². The van der Waals surface area contributed by atoms with E-state index < -0.39 is 11.8 Å². The van der Waals surface area contributed by atoms with Crippen LogP contribution in [0.25, 0.3) is 0 Å². The Labute approximate surface area is 85.5 Å². The minimum Gasteiger partial charge on any atom is -0.309 e. The monoisotopic (exact) mass is 205 g/mol. The minimum absolute atomic E-state index is 0.0853. The molecule has 1 aliphatic rings. The van der Waals surface area contributed by atoms with E-state index in [1.165, 1.54) is 0 Å². The van der Waals surface area contributed by atoms with Gasteiger partial charge in [-0.1, -0.05) is 13.3 Å². The van der Waals surface area contributed by atoms with Gasteiger partial charge in [-0.15, -0.1) is 0 Å². The average Bonchev–Trinajstić information content (AvgIpc) is 2.07. The first-order valence-electron chi connectivity index (χ1n) is 5.50. The highest BCUT2D eigenvalue weighted by Gasteiger charge is 2.45. The Morgan fingerprint density at radius 2 is 2.00 bits per heavy atom. The summed E-state index contributed by atoms with van der Waals surface area (Å²) in [5.41, 5.74) is 0. The maximum atomic E-state index is 13.6. The SMILES string of the molecule is CCC1CCCC(F)(F)C1CN(C)C. The first-order valence-corrected chi connectivity index (χ1v) is 5.50. The van der Waals surface area contributed by atoms with E-state index in [9.17, 15) is 8.78 Å². The van der Waals surface area contributed by atoms with E-state index in [-0.39, 0.29) is 12.3 Å². The summed E-state index contributed by atoms with van der Waals surface area (Å²) < 4.78 is 27.3. The van der Waals surface area contributed by atoms with Crippen molar-refractivity contribution in [3.05, 3.63) is 0 Å². The molecule has 0 amide bonds. The van der Waals surface area contributed by atoms with Crippen LogP contribution in [0.3, 0.4) is 0 Å².